The first-order chi connectivity index (χ1) is 16.2. The maximum absolute atomic E-state index is 5.79. The third-order valence-corrected chi connectivity index (χ3v) is 6.14. The van der Waals surface area contributed by atoms with E-state index in [0.717, 1.165) is 26.2 Å². The van der Waals surface area contributed by atoms with Crippen molar-refractivity contribution in [1.82, 2.24) is 4.90 Å². The molecule has 33 heavy (non-hydrogen) atoms. The Morgan fingerprint density at radius 2 is 0.939 bits per heavy atom. The molecule has 0 fully saturated rings. The Kier molecular flexibility index (Phi) is 27.9. The van der Waals surface area contributed by atoms with Gasteiger partial charge in [-0.1, -0.05) is 103 Å². The number of nitrogens with zero attached hydrogens (tertiary/aromatic N) is 1. The standard InChI is InChI=1S/C28H59NO4/c1-5-6-7-8-9-10-11-12-13-14-15-16-17-18-19-20-22-32-26-28(30-4)27-33-25-24-31-23-21-29(2)3/h28H,5-27H2,1-4H3. The lowest BCUT2D eigenvalue weighted by Crippen LogP contribution is -2.26. The lowest BCUT2D eigenvalue weighted by Gasteiger charge is -2.16. The van der Waals surface area contributed by atoms with Gasteiger partial charge in [-0.25, -0.2) is 0 Å². The third kappa shape index (κ3) is 27.9. The molecule has 0 aliphatic rings. The maximum atomic E-state index is 5.79. The average Bonchev–Trinajstić information content (AvgIpc) is 2.81. The van der Waals surface area contributed by atoms with E-state index in [0.29, 0.717) is 26.4 Å². The number of unbranched alkanes of at least 4 members (excludes halogenated alkanes) is 15. The van der Waals surface area contributed by atoms with E-state index < -0.39 is 0 Å². The first-order valence-corrected chi connectivity index (χ1v) is 14.1. The van der Waals surface area contributed by atoms with E-state index in [-0.39, 0.29) is 6.10 Å². The SMILES string of the molecule is CCCCCCCCCCCCCCCCCCOCC(COCCOCCN(C)C)OC. The lowest BCUT2D eigenvalue weighted by atomic mass is 10.0. The number of rotatable bonds is 28. The fraction of sp³-hybridized carbons (Fsp3) is 1.00. The van der Waals surface area contributed by atoms with E-state index in [2.05, 4.69) is 11.8 Å². The molecule has 0 bridgehead atoms. The number of hydrogen-bond acceptors (Lipinski definition) is 5. The Bertz CT molecular complexity index is 355. The van der Waals surface area contributed by atoms with Crippen LogP contribution in [0.25, 0.3) is 0 Å². The van der Waals surface area contributed by atoms with Gasteiger partial charge >= 0.3 is 0 Å². The fourth-order valence-electron chi connectivity index (χ4n) is 3.83. The molecule has 0 N–H and O–H groups in total. The average molecular weight is 474 g/mol. The largest absolute Gasteiger partial charge is 0.379 e. The molecule has 0 radical (unpaired) electrons. The summed E-state index contributed by atoms with van der Waals surface area (Å²) in [4.78, 5) is 2.11. The monoisotopic (exact) mass is 473 g/mol. The summed E-state index contributed by atoms with van der Waals surface area (Å²) in [5.74, 6) is 0. The van der Waals surface area contributed by atoms with E-state index >= 15 is 0 Å². The molecule has 5 nitrogen and oxygen atoms in total. The second-order valence-electron chi connectivity index (χ2n) is 9.73. The molecule has 0 aromatic heterocycles. The van der Waals surface area contributed by atoms with Gasteiger partial charge in [0.2, 0.25) is 0 Å². The topological polar surface area (TPSA) is 40.2 Å². The predicted octanol–water partition coefficient (Wildman–Crippen LogP) is 6.87. The lowest BCUT2D eigenvalue weighted by molar-refractivity contribution is -0.0510. The van der Waals surface area contributed by atoms with Gasteiger partial charge in [0.25, 0.3) is 0 Å². The minimum Gasteiger partial charge on any atom is -0.379 e. The molecule has 200 valence electrons. The molecule has 0 aromatic rings. The van der Waals surface area contributed by atoms with Crippen LogP contribution in [-0.4, -0.2) is 78.4 Å². The zero-order valence-electron chi connectivity index (χ0n) is 22.9. The highest BCUT2D eigenvalue weighted by Crippen LogP contribution is 2.13. The van der Waals surface area contributed by atoms with Gasteiger partial charge in [-0.05, 0) is 20.5 Å². The molecule has 0 rings (SSSR count). The van der Waals surface area contributed by atoms with Crippen LogP contribution < -0.4 is 0 Å². The number of methoxy groups -OCH3 is 1. The summed E-state index contributed by atoms with van der Waals surface area (Å²) in [5, 5.41) is 0. The first-order valence-electron chi connectivity index (χ1n) is 14.1. The predicted molar refractivity (Wildman–Crippen MR) is 141 cm³/mol. The molecule has 0 aliphatic heterocycles. The van der Waals surface area contributed by atoms with Crippen molar-refractivity contribution in [1.29, 1.82) is 0 Å². The summed E-state index contributed by atoms with van der Waals surface area (Å²) in [5.41, 5.74) is 0. The van der Waals surface area contributed by atoms with Crippen molar-refractivity contribution >= 4 is 0 Å². The molecular weight excluding hydrogens is 414 g/mol. The van der Waals surface area contributed by atoms with Crippen molar-refractivity contribution in [2.75, 3.05) is 67.4 Å². The van der Waals surface area contributed by atoms with Gasteiger partial charge < -0.3 is 23.8 Å². The summed E-state index contributed by atoms with van der Waals surface area (Å²) >= 11 is 0. The minimum atomic E-state index is 0.00725. The third-order valence-electron chi connectivity index (χ3n) is 6.14. The molecule has 0 saturated carbocycles. The molecule has 0 saturated heterocycles. The number of hydrogen-bond donors (Lipinski definition) is 0. The van der Waals surface area contributed by atoms with Crippen molar-refractivity contribution in [2.45, 2.75) is 116 Å². The Labute approximate surface area is 207 Å². The van der Waals surface area contributed by atoms with E-state index in [1.54, 1.807) is 7.11 Å². The normalized spacial score (nSPS) is 12.6. The highest BCUT2D eigenvalue weighted by molar-refractivity contribution is 4.55. The molecule has 0 heterocycles. The van der Waals surface area contributed by atoms with Gasteiger partial charge in [-0.3, -0.25) is 0 Å². The van der Waals surface area contributed by atoms with Crippen LogP contribution in [0, 0.1) is 0 Å². The van der Waals surface area contributed by atoms with Gasteiger partial charge in [0, 0.05) is 20.3 Å². The number of likely N-dealkylation sites (N-methyl/N-ethyl adjacent to an activating group) is 1. The second-order valence-corrected chi connectivity index (χ2v) is 9.73. The van der Waals surface area contributed by atoms with E-state index in [4.69, 9.17) is 18.9 Å². The van der Waals surface area contributed by atoms with Gasteiger partial charge in [0.05, 0.1) is 33.0 Å². The van der Waals surface area contributed by atoms with E-state index in [1.807, 2.05) is 14.1 Å². The molecule has 0 amide bonds. The molecule has 5 heteroatoms. The van der Waals surface area contributed by atoms with Crippen molar-refractivity contribution in [3.8, 4) is 0 Å². The highest BCUT2D eigenvalue weighted by atomic mass is 16.6. The molecule has 1 unspecified atom stereocenters. The number of ether oxygens (including phenoxy) is 4. The van der Waals surface area contributed by atoms with Crippen LogP contribution in [0.3, 0.4) is 0 Å². The molecular formula is C28H59NO4. The van der Waals surface area contributed by atoms with Crippen LogP contribution in [0.15, 0.2) is 0 Å². The molecule has 0 aromatic carbocycles. The summed E-state index contributed by atoms with van der Waals surface area (Å²) < 4.78 is 22.4. The summed E-state index contributed by atoms with van der Waals surface area (Å²) in [6.07, 6.45) is 22.3. The molecule has 0 aliphatic carbocycles. The highest BCUT2D eigenvalue weighted by Gasteiger charge is 2.07. The van der Waals surface area contributed by atoms with Gasteiger partial charge in [0.1, 0.15) is 6.10 Å². The van der Waals surface area contributed by atoms with Gasteiger partial charge in [-0.15, -0.1) is 0 Å². The van der Waals surface area contributed by atoms with Crippen molar-refractivity contribution in [3.05, 3.63) is 0 Å². The zero-order valence-corrected chi connectivity index (χ0v) is 22.9. The van der Waals surface area contributed by atoms with Gasteiger partial charge in [0.15, 0.2) is 0 Å². The van der Waals surface area contributed by atoms with Crippen LogP contribution in [0.2, 0.25) is 0 Å². The smallest absolute Gasteiger partial charge is 0.104 e. The van der Waals surface area contributed by atoms with Crippen LogP contribution in [0.5, 0.6) is 0 Å². The zero-order chi connectivity index (χ0) is 24.2. The van der Waals surface area contributed by atoms with Crippen molar-refractivity contribution < 1.29 is 18.9 Å². The Morgan fingerprint density at radius 1 is 0.515 bits per heavy atom. The van der Waals surface area contributed by atoms with Crippen LogP contribution >= 0.6 is 0 Å². The van der Waals surface area contributed by atoms with Crippen LogP contribution in [-0.2, 0) is 18.9 Å². The summed E-state index contributed by atoms with van der Waals surface area (Å²) in [7, 11) is 5.81. The Hall–Kier alpha value is -0.200. The summed E-state index contributed by atoms with van der Waals surface area (Å²) in [6.45, 7) is 7.20. The van der Waals surface area contributed by atoms with Crippen LogP contribution in [0.4, 0.5) is 0 Å². The first kappa shape index (κ1) is 32.8. The maximum Gasteiger partial charge on any atom is 0.104 e. The molecule has 0 spiro atoms. The fourth-order valence-corrected chi connectivity index (χ4v) is 3.83. The second kappa shape index (κ2) is 28.0. The van der Waals surface area contributed by atoms with E-state index in [1.165, 1.54) is 96.3 Å². The van der Waals surface area contributed by atoms with Crippen LogP contribution in [0.1, 0.15) is 110 Å². The minimum absolute atomic E-state index is 0.00725. The van der Waals surface area contributed by atoms with Crippen molar-refractivity contribution in [2.24, 2.45) is 0 Å². The quantitative estimate of drug-likeness (QED) is 0.116. The molecule has 1 atom stereocenters. The van der Waals surface area contributed by atoms with Crippen molar-refractivity contribution in [3.63, 3.8) is 0 Å². The summed E-state index contributed by atoms with van der Waals surface area (Å²) in [6, 6.07) is 0. The Balaban J connectivity index is 3.23. The Morgan fingerprint density at radius 3 is 1.39 bits per heavy atom. The van der Waals surface area contributed by atoms with Gasteiger partial charge in [-0.2, -0.15) is 0 Å². The van der Waals surface area contributed by atoms with E-state index in [9.17, 15) is 0 Å².